The molecule has 4 bridgehead atoms. The first-order valence-electron chi connectivity index (χ1n) is 12.0. The molecule has 1 saturated heterocycles. The summed E-state index contributed by atoms with van der Waals surface area (Å²) in [7, 11) is -0.780. The molecule has 2 heterocycles. The zero-order valence-corrected chi connectivity index (χ0v) is 22.3. The van der Waals surface area contributed by atoms with Crippen LogP contribution in [0.4, 0.5) is 10.5 Å². The molecule has 2 aliphatic carbocycles. The van der Waals surface area contributed by atoms with Crippen LogP contribution in [0.15, 0.2) is 30.4 Å². The van der Waals surface area contributed by atoms with E-state index in [1.54, 1.807) is 17.1 Å². The molecule has 2 aliphatic heterocycles. The summed E-state index contributed by atoms with van der Waals surface area (Å²) in [5, 5.41) is 0.00638. The number of carbonyl (C=O) groups excluding carboxylic acids is 2. The molecule has 7 heteroatoms. The maximum atomic E-state index is 13.4. The second-order valence-electron chi connectivity index (χ2n) is 11.3. The molecule has 5 rings (SSSR count). The molecule has 1 saturated carbocycles. The van der Waals surface area contributed by atoms with Gasteiger partial charge in [0.25, 0.3) is 0 Å². The number of allylic oxidation sites excluding steroid dienone is 2. The summed E-state index contributed by atoms with van der Waals surface area (Å²) in [6.45, 7) is 12.9. The van der Waals surface area contributed by atoms with Crippen LogP contribution in [-0.2, 0) is 19.9 Å². The fourth-order valence-corrected chi connectivity index (χ4v) is 6.62. The molecule has 0 radical (unpaired) electrons. The van der Waals surface area contributed by atoms with Crippen molar-refractivity contribution in [3.63, 3.8) is 0 Å². The maximum Gasteiger partial charge on any atom is 0.415 e. The Morgan fingerprint density at radius 2 is 1.89 bits per heavy atom. The fraction of sp³-hybridized carbons (Fsp3) is 0.500. The van der Waals surface area contributed by atoms with E-state index in [1.165, 1.54) is 7.11 Å². The van der Waals surface area contributed by atoms with Gasteiger partial charge in [0.15, 0.2) is 5.78 Å². The van der Waals surface area contributed by atoms with Gasteiger partial charge >= 0.3 is 6.09 Å². The number of anilines is 1. The van der Waals surface area contributed by atoms with Gasteiger partial charge in [0.2, 0.25) is 8.32 Å². The van der Waals surface area contributed by atoms with Crippen molar-refractivity contribution in [2.75, 3.05) is 12.0 Å². The van der Waals surface area contributed by atoms with Crippen LogP contribution in [0.2, 0.25) is 18.1 Å². The number of hydrogen-bond donors (Lipinski definition) is 0. The van der Waals surface area contributed by atoms with Gasteiger partial charge in [-0.3, -0.25) is 9.69 Å². The molecule has 1 amide bonds. The van der Waals surface area contributed by atoms with Gasteiger partial charge in [-0.2, -0.15) is 0 Å². The van der Waals surface area contributed by atoms with Crippen molar-refractivity contribution in [1.29, 1.82) is 0 Å². The number of methoxy groups -OCH3 is 1. The minimum Gasteiger partial charge on any atom is -0.543 e. The van der Waals surface area contributed by atoms with Gasteiger partial charge in [-0.05, 0) is 54.4 Å². The van der Waals surface area contributed by atoms with Crippen LogP contribution in [0.5, 0.6) is 5.75 Å². The fourth-order valence-electron chi connectivity index (χ4n) is 5.60. The molecule has 0 aromatic heterocycles. The maximum absolute atomic E-state index is 13.4. The Balaban J connectivity index is 1.77. The summed E-state index contributed by atoms with van der Waals surface area (Å²) < 4.78 is 18.5. The van der Waals surface area contributed by atoms with Crippen LogP contribution in [0.3, 0.4) is 0 Å². The van der Waals surface area contributed by atoms with Crippen molar-refractivity contribution in [2.24, 2.45) is 11.8 Å². The molecule has 0 unspecified atom stereocenters. The van der Waals surface area contributed by atoms with Gasteiger partial charge in [0.05, 0.1) is 12.8 Å². The normalized spacial score (nSPS) is 33.1. The largest absolute Gasteiger partial charge is 0.543 e. The van der Waals surface area contributed by atoms with E-state index < -0.39 is 37.6 Å². The predicted octanol–water partition coefficient (Wildman–Crippen LogP) is 4.79. The second-order valence-corrected chi connectivity index (χ2v) is 16.1. The molecule has 1 aromatic rings. The lowest BCUT2D eigenvalue weighted by atomic mass is 9.59. The Kier molecular flexibility index (Phi) is 5.08. The van der Waals surface area contributed by atoms with E-state index in [0.717, 1.165) is 5.56 Å². The summed E-state index contributed by atoms with van der Waals surface area (Å²) in [6.07, 6.45) is 3.08. The van der Waals surface area contributed by atoms with Gasteiger partial charge in [0.1, 0.15) is 28.9 Å². The van der Waals surface area contributed by atoms with Crippen LogP contribution in [0, 0.1) is 35.5 Å². The average molecular weight is 490 g/mol. The molecule has 2 fully saturated rings. The first kappa shape index (κ1) is 23.7. The lowest BCUT2D eigenvalue weighted by Gasteiger charge is -2.45. The third-order valence-electron chi connectivity index (χ3n) is 8.38. The van der Waals surface area contributed by atoms with Crippen molar-refractivity contribution in [1.82, 2.24) is 0 Å². The van der Waals surface area contributed by atoms with E-state index in [9.17, 15) is 9.59 Å². The first-order chi connectivity index (χ1) is 16.4. The van der Waals surface area contributed by atoms with E-state index in [1.807, 2.05) is 25.1 Å². The lowest BCUT2D eigenvalue weighted by molar-refractivity contribution is -0.125. The minimum absolute atomic E-state index is 0.00638. The Morgan fingerprint density at radius 3 is 2.54 bits per heavy atom. The molecule has 4 aliphatic rings. The highest BCUT2D eigenvalue weighted by molar-refractivity contribution is 6.74. The van der Waals surface area contributed by atoms with E-state index in [-0.39, 0.29) is 16.7 Å². The summed E-state index contributed by atoms with van der Waals surface area (Å²) in [5.74, 6) is 12.3. The number of carbonyl (C=O) groups is 2. The van der Waals surface area contributed by atoms with E-state index in [0.29, 0.717) is 17.9 Å². The summed E-state index contributed by atoms with van der Waals surface area (Å²) in [6, 6.07) is 5.06. The highest BCUT2D eigenvalue weighted by Crippen LogP contribution is 2.73. The molecule has 0 spiro atoms. The highest BCUT2D eigenvalue weighted by Gasteiger charge is 2.85. The number of fused-ring (bicyclic) bond motifs is 1. The summed E-state index contributed by atoms with van der Waals surface area (Å²) in [5.41, 5.74) is -0.507. The lowest BCUT2D eigenvalue weighted by Crippen LogP contribution is -2.61. The van der Waals surface area contributed by atoms with Crippen LogP contribution in [-0.4, -0.2) is 38.9 Å². The van der Waals surface area contributed by atoms with Gasteiger partial charge in [-0.15, -0.1) is 0 Å². The number of benzene rings is 1. The Morgan fingerprint density at radius 1 is 1.20 bits per heavy atom. The zero-order chi connectivity index (χ0) is 25.4. The van der Waals surface area contributed by atoms with Crippen LogP contribution in [0.25, 0.3) is 0 Å². The number of nitrogens with zero attached hydrogens (tertiary/aromatic N) is 1. The number of amides is 1. The van der Waals surface area contributed by atoms with Gasteiger partial charge in [-0.1, -0.05) is 51.4 Å². The van der Waals surface area contributed by atoms with Crippen molar-refractivity contribution in [3.8, 4) is 29.4 Å². The number of ketones is 1. The van der Waals surface area contributed by atoms with Crippen LogP contribution >= 0.6 is 0 Å². The minimum atomic E-state index is -2.14. The SMILES string of the molecule is COC(=O)N1c2ccc(O[Si](C)(C)C(C)(C)C)cc2[C@@]23O[C@@]24[C@@H]1C#C/C=C\C#C[C@@H]3C(=O)C[C@@H]4C. The number of hydrogen-bond acceptors (Lipinski definition) is 5. The summed E-state index contributed by atoms with van der Waals surface area (Å²) in [4.78, 5) is 28.1. The smallest absolute Gasteiger partial charge is 0.415 e. The third-order valence-corrected chi connectivity index (χ3v) is 12.7. The van der Waals surface area contributed by atoms with Crippen molar-refractivity contribution < 1.29 is 23.5 Å². The third kappa shape index (κ3) is 3.08. The Hall–Kier alpha value is -3.00. The van der Waals surface area contributed by atoms with E-state index >= 15 is 0 Å². The summed E-state index contributed by atoms with van der Waals surface area (Å²) >= 11 is 0. The van der Waals surface area contributed by atoms with Crippen LogP contribution in [0.1, 0.15) is 39.7 Å². The van der Waals surface area contributed by atoms with E-state index in [2.05, 4.69) is 57.5 Å². The van der Waals surface area contributed by atoms with Gasteiger partial charge < -0.3 is 13.9 Å². The quantitative estimate of drug-likeness (QED) is 0.339. The molecule has 0 N–H and O–H groups in total. The zero-order valence-electron chi connectivity index (χ0n) is 21.3. The number of Topliss-reactive ketones (excluding diaryl/α,β-unsaturated/α-hetero) is 1. The molecular weight excluding hydrogens is 458 g/mol. The van der Waals surface area contributed by atoms with Crippen LogP contribution < -0.4 is 9.33 Å². The van der Waals surface area contributed by atoms with Gasteiger partial charge in [-0.25, -0.2) is 4.79 Å². The number of rotatable bonds is 2. The van der Waals surface area contributed by atoms with Crippen molar-refractivity contribution >= 4 is 25.9 Å². The van der Waals surface area contributed by atoms with Crippen molar-refractivity contribution in [3.05, 3.63) is 35.9 Å². The molecule has 1 aromatic carbocycles. The van der Waals surface area contributed by atoms with E-state index in [4.69, 9.17) is 13.9 Å². The first-order valence-corrected chi connectivity index (χ1v) is 14.9. The molecule has 35 heavy (non-hydrogen) atoms. The Bertz CT molecular complexity index is 1290. The standard InChI is InChI=1S/C28H31NO5Si/c1-18-16-23(30)20-12-10-8-9-11-13-24-27(18)28(20,34-27)21-17-19(33-35(6,7)26(2,3)4)14-15-22(21)29(24)25(31)32-5/h8-9,14-15,17-18,20,24H,16H2,1-7H3/b9-8-/t18-,20+,24-,27-,28+/m0/s1. The average Bonchev–Trinajstić information content (AvgIpc) is 3.50. The number of ether oxygens (including phenoxy) is 2. The van der Waals surface area contributed by atoms with Gasteiger partial charge in [0, 0.05) is 12.0 Å². The molecule has 182 valence electrons. The second kappa shape index (κ2) is 7.50. The predicted molar refractivity (Wildman–Crippen MR) is 135 cm³/mol. The molecular formula is C28H31NO5Si. The number of epoxide rings is 1. The Labute approximate surface area is 208 Å². The molecule has 6 nitrogen and oxygen atoms in total. The van der Waals surface area contributed by atoms with Crippen molar-refractivity contribution in [2.45, 2.75) is 69.5 Å². The highest BCUT2D eigenvalue weighted by atomic mass is 28.4. The monoisotopic (exact) mass is 489 g/mol. The topological polar surface area (TPSA) is 68.4 Å². The molecule has 5 atom stereocenters.